The summed E-state index contributed by atoms with van der Waals surface area (Å²) >= 11 is 12.0. The summed E-state index contributed by atoms with van der Waals surface area (Å²) in [4.78, 5) is 8.77. The minimum absolute atomic E-state index is 0.337. The highest BCUT2D eigenvalue weighted by molar-refractivity contribution is 6.42. The lowest BCUT2D eigenvalue weighted by Gasteiger charge is -2.14. The van der Waals surface area contributed by atoms with Crippen molar-refractivity contribution in [3.8, 4) is 5.88 Å². The Balaban J connectivity index is 1.84. The van der Waals surface area contributed by atoms with Gasteiger partial charge in [0.05, 0.1) is 17.2 Å². The summed E-state index contributed by atoms with van der Waals surface area (Å²) in [5.41, 5.74) is 2.70. The van der Waals surface area contributed by atoms with E-state index in [0.29, 0.717) is 39.8 Å². The molecule has 3 rings (SSSR count). The quantitative estimate of drug-likeness (QED) is 0.477. The van der Waals surface area contributed by atoms with Gasteiger partial charge >= 0.3 is 0 Å². The Morgan fingerprint density at radius 3 is 2.52 bits per heavy atom. The second-order valence-electron chi connectivity index (χ2n) is 5.55. The van der Waals surface area contributed by atoms with Gasteiger partial charge in [-0.15, -0.1) is 0 Å². The van der Waals surface area contributed by atoms with Gasteiger partial charge in [0.2, 0.25) is 11.8 Å². The molecule has 0 saturated carbocycles. The monoisotopic (exact) mass is 401 g/mol. The highest BCUT2D eigenvalue weighted by Crippen LogP contribution is 2.29. The molecule has 0 bridgehead atoms. The first-order valence-corrected chi connectivity index (χ1v) is 8.82. The lowest BCUT2D eigenvalue weighted by atomic mass is 10.2. The summed E-state index contributed by atoms with van der Waals surface area (Å²) in [7, 11) is 1.52. The molecule has 0 saturated heterocycles. The molecule has 0 unspecified atom stereocenters. The second kappa shape index (κ2) is 8.70. The van der Waals surface area contributed by atoms with Crippen LogP contribution in [0.4, 0.5) is 17.3 Å². The van der Waals surface area contributed by atoms with E-state index in [-0.39, 0.29) is 0 Å². The van der Waals surface area contributed by atoms with E-state index in [1.165, 1.54) is 7.11 Å². The summed E-state index contributed by atoms with van der Waals surface area (Å²) in [6.07, 6.45) is 1.15. The summed E-state index contributed by atoms with van der Waals surface area (Å²) in [6.45, 7) is 0.447. The zero-order valence-electron chi connectivity index (χ0n) is 14.5. The van der Waals surface area contributed by atoms with Crippen LogP contribution in [-0.4, -0.2) is 23.3 Å². The van der Waals surface area contributed by atoms with Crippen molar-refractivity contribution in [2.75, 3.05) is 17.7 Å². The number of hydrogen-bond donors (Lipinski definition) is 3. The normalized spacial score (nSPS) is 10.3. The van der Waals surface area contributed by atoms with Crippen molar-refractivity contribution in [3.05, 3.63) is 69.8 Å². The molecule has 0 aliphatic heterocycles. The van der Waals surface area contributed by atoms with Crippen LogP contribution in [0.5, 0.6) is 5.88 Å². The third kappa shape index (κ3) is 4.67. The predicted molar refractivity (Wildman–Crippen MR) is 110 cm³/mol. The Morgan fingerprint density at radius 2 is 1.85 bits per heavy atom. The standard InChI is InChI=1S/C19H17Cl2N5O/c1-27-18-17(24-13-5-3-2-4-6-13)16(10-22)25-19(26-18)23-11-12-7-8-14(20)15(21)9-12/h2-10,22,24H,11H2,1H3,(H,23,25,26). The third-order valence-corrected chi connectivity index (χ3v) is 4.45. The van der Waals surface area contributed by atoms with Crippen LogP contribution in [-0.2, 0) is 6.54 Å². The van der Waals surface area contributed by atoms with E-state index in [2.05, 4.69) is 20.6 Å². The molecule has 2 aromatic carbocycles. The van der Waals surface area contributed by atoms with Crippen molar-refractivity contribution in [3.63, 3.8) is 0 Å². The first kappa shape index (κ1) is 18.9. The molecule has 8 heteroatoms. The summed E-state index contributed by atoms with van der Waals surface area (Å²) in [5, 5.41) is 15.0. The van der Waals surface area contributed by atoms with E-state index in [1.807, 2.05) is 36.4 Å². The molecule has 0 fully saturated rings. The van der Waals surface area contributed by atoms with Crippen LogP contribution in [0, 0.1) is 5.41 Å². The van der Waals surface area contributed by atoms with E-state index in [1.54, 1.807) is 12.1 Å². The second-order valence-corrected chi connectivity index (χ2v) is 6.37. The molecule has 0 aliphatic rings. The molecule has 138 valence electrons. The topological polar surface area (TPSA) is 82.9 Å². The van der Waals surface area contributed by atoms with Gasteiger partial charge in [-0.05, 0) is 29.8 Å². The number of nitrogens with zero attached hydrogens (tertiary/aromatic N) is 2. The maximum atomic E-state index is 7.70. The van der Waals surface area contributed by atoms with Crippen LogP contribution < -0.4 is 15.4 Å². The molecule has 0 radical (unpaired) electrons. The minimum Gasteiger partial charge on any atom is -0.479 e. The molecule has 27 heavy (non-hydrogen) atoms. The molecular weight excluding hydrogens is 385 g/mol. The number of methoxy groups -OCH3 is 1. The van der Waals surface area contributed by atoms with E-state index in [9.17, 15) is 0 Å². The number of ether oxygens (including phenoxy) is 1. The van der Waals surface area contributed by atoms with Gasteiger partial charge < -0.3 is 20.8 Å². The van der Waals surface area contributed by atoms with E-state index >= 15 is 0 Å². The largest absolute Gasteiger partial charge is 0.479 e. The van der Waals surface area contributed by atoms with Crippen LogP contribution in [0.25, 0.3) is 0 Å². The summed E-state index contributed by atoms with van der Waals surface area (Å²) < 4.78 is 5.39. The van der Waals surface area contributed by atoms with E-state index in [0.717, 1.165) is 17.5 Å². The molecule has 0 amide bonds. The molecule has 0 atom stereocenters. The van der Waals surface area contributed by atoms with Crippen LogP contribution in [0.1, 0.15) is 11.3 Å². The van der Waals surface area contributed by atoms with Gasteiger partial charge in [0, 0.05) is 18.4 Å². The third-order valence-electron chi connectivity index (χ3n) is 3.71. The molecule has 0 spiro atoms. The highest BCUT2D eigenvalue weighted by atomic mass is 35.5. The Bertz CT molecular complexity index is 950. The minimum atomic E-state index is 0.337. The Labute approximate surface area is 167 Å². The number of para-hydroxylation sites is 1. The Morgan fingerprint density at radius 1 is 1.07 bits per heavy atom. The van der Waals surface area contributed by atoms with Crippen molar-refractivity contribution in [2.24, 2.45) is 0 Å². The Hall–Kier alpha value is -2.83. The van der Waals surface area contributed by atoms with Crippen molar-refractivity contribution in [2.45, 2.75) is 6.54 Å². The lowest BCUT2D eigenvalue weighted by molar-refractivity contribution is 0.399. The van der Waals surface area contributed by atoms with E-state index < -0.39 is 0 Å². The average Bonchev–Trinajstić information content (AvgIpc) is 2.70. The lowest BCUT2D eigenvalue weighted by Crippen LogP contribution is -2.09. The van der Waals surface area contributed by atoms with Crippen molar-refractivity contribution >= 4 is 46.7 Å². The number of benzene rings is 2. The number of rotatable bonds is 7. The number of aromatic nitrogens is 2. The van der Waals surface area contributed by atoms with Gasteiger partial charge in [0.25, 0.3) is 0 Å². The van der Waals surface area contributed by atoms with Crippen molar-refractivity contribution in [1.29, 1.82) is 5.41 Å². The zero-order chi connectivity index (χ0) is 19.2. The zero-order valence-corrected chi connectivity index (χ0v) is 16.0. The molecule has 6 nitrogen and oxygen atoms in total. The number of anilines is 3. The number of halogens is 2. The van der Waals surface area contributed by atoms with Gasteiger partial charge in [-0.2, -0.15) is 4.98 Å². The van der Waals surface area contributed by atoms with Gasteiger partial charge in [0.1, 0.15) is 11.4 Å². The van der Waals surface area contributed by atoms with Crippen LogP contribution in [0.3, 0.4) is 0 Å². The molecule has 1 heterocycles. The van der Waals surface area contributed by atoms with Gasteiger partial charge in [0.15, 0.2) is 0 Å². The van der Waals surface area contributed by atoms with E-state index in [4.69, 9.17) is 33.3 Å². The summed E-state index contributed by atoms with van der Waals surface area (Å²) in [6, 6.07) is 14.9. The average molecular weight is 402 g/mol. The van der Waals surface area contributed by atoms with Crippen molar-refractivity contribution in [1.82, 2.24) is 9.97 Å². The smallest absolute Gasteiger partial charge is 0.243 e. The van der Waals surface area contributed by atoms with Crippen LogP contribution in [0.15, 0.2) is 48.5 Å². The fraction of sp³-hybridized carbons (Fsp3) is 0.105. The molecule has 3 N–H and O–H groups in total. The fourth-order valence-electron chi connectivity index (χ4n) is 2.40. The van der Waals surface area contributed by atoms with Gasteiger partial charge in [-0.25, -0.2) is 4.98 Å². The number of nitrogens with one attached hydrogen (secondary N) is 3. The van der Waals surface area contributed by atoms with Crippen LogP contribution >= 0.6 is 23.2 Å². The first-order valence-electron chi connectivity index (χ1n) is 8.07. The van der Waals surface area contributed by atoms with Gasteiger partial charge in [-0.1, -0.05) is 47.5 Å². The molecular formula is C19H17Cl2N5O. The fourth-order valence-corrected chi connectivity index (χ4v) is 2.72. The highest BCUT2D eigenvalue weighted by Gasteiger charge is 2.14. The number of hydrogen-bond acceptors (Lipinski definition) is 6. The van der Waals surface area contributed by atoms with Gasteiger partial charge in [-0.3, -0.25) is 0 Å². The first-order chi connectivity index (χ1) is 13.1. The molecule has 0 aliphatic carbocycles. The maximum absolute atomic E-state index is 7.70. The maximum Gasteiger partial charge on any atom is 0.243 e. The predicted octanol–water partition coefficient (Wildman–Crippen LogP) is 5.15. The van der Waals surface area contributed by atoms with Crippen molar-refractivity contribution < 1.29 is 4.74 Å². The summed E-state index contributed by atoms with van der Waals surface area (Å²) in [5.74, 6) is 0.680. The SMILES string of the molecule is COc1nc(NCc2ccc(Cl)c(Cl)c2)nc(C=N)c1Nc1ccccc1. The molecule has 1 aromatic heterocycles. The molecule has 3 aromatic rings. The van der Waals surface area contributed by atoms with Crippen LogP contribution in [0.2, 0.25) is 10.0 Å². The Kier molecular flexibility index (Phi) is 6.11.